The van der Waals surface area contributed by atoms with Gasteiger partial charge in [-0.3, -0.25) is 9.82 Å². The number of hydrogen-bond acceptors (Lipinski definition) is 4. The van der Waals surface area contributed by atoms with Gasteiger partial charge in [0, 0.05) is 10.7 Å². The fourth-order valence-corrected chi connectivity index (χ4v) is 4.76. The second-order valence-electron chi connectivity index (χ2n) is 5.51. The van der Waals surface area contributed by atoms with Gasteiger partial charge in [-0.25, -0.2) is 8.42 Å². The summed E-state index contributed by atoms with van der Waals surface area (Å²) in [6.45, 7) is 5.74. The van der Waals surface area contributed by atoms with Crippen LogP contribution in [0, 0.1) is 20.8 Å². The SMILES string of the molecule is Cc1ccc(NS(=O)(=O)c2ccc(-c3n[nH]c(C)c3C)s2)cc1Cl. The lowest BCUT2D eigenvalue weighted by Crippen LogP contribution is -2.11. The average Bonchev–Trinajstić information content (AvgIpc) is 3.12. The molecular formula is C16H16ClN3O2S2. The number of nitrogens with zero attached hydrogens (tertiary/aromatic N) is 1. The highest BCUT2D eigenvalue weighted by molar-refractivity contribution is 7.94. The molecule has 0 atom stereocenters. The molecule has 1 aromatic carbocycles. The van der Waals surface area contributed by atoms with Crippen molar-refractivity contribution in [3.63, 3.8) is 0 Å². The molecule has 0 bridgehead atoms. The van der Waals surface area contributed by atoms with Gasteiger partial charge in [-0.05, 0) is 56.2 Å². The first-order valence-electron chi connectivity index (χ1n) is 7.18. The van der Waals surface area contributed by atoms with Gasteiger partial charge in [0.05, 0.1) is 10.6 Å². The van der Waals surface area contributed by atoms with Gasteiger partial charge in [-0.15, -0.1) is 11.3 Å². The minimum Gasteiger partial charge on any atom is -0.282 e. The Balaban J connectivity index is 1.90. The van der Waals surface area contributed by atoms with Crippen molar-refractivity contribution < 1.29 is 8.42 Å². The molecule has 0 spiro atoms. The Kier molecular flexibility index (Phi) is 4.42. The van der Waals surface area contributed by atoms with Crippen LogP contribution in [0.1, 0.15) is 16.8 Å². The summed E-state index contributed by atoms with van der Waals surface area (Å²) in [6.07, 6.45) is 0. The van der Waals surface area contributed by atoms with E-state index in [9.17, 15) is 8.42 Å². The lowest BCUT2D eigenvalue weighted by molar-refractivity contribution is 0.603. The Morgan fingerprint density at radius 2 is 1.92 bits per heavy atom. The van der Waals surface area contributed by atoms with Crippen LogP contribution in [0.3, 0.4) is 0 Å². The van der Waals surface area contributed by atoms with E-state index in [1.807, 2.05) is 20.8 Å². The minimum atomic E-state index is -3.66. The quantitative estimate of drug-likeness (QED) is 0.697. The minimum absolute atomic E-state index is 0.231. The Morgan fingerprint density at radius 1 is 1.17 bits per heavy atom. The fourth-order valence-electron chi connectivity index (χ4n) is 2.18. The van der Waals surface area contributed by atoms with E-state index in [-0.39, 0.29) is 4.21 Å². The number of halogens is 1. The van der Waals surface area contributed by atoms with Crippen LogP contribution >= 0.6 is 22.9 Å². The molecule has 2 heterocycles. The van der Waals surface area contributed by atoms with Crippen molar-refractivity contribution in [3.8, 4) is 10.6 Å². The number of rotatable bonds is 4. The summed E-state index contributed by atoms with van der Waals surface area (Å²) in [5.74, 6) is 0. The van der Waals surface area contributed by atoms with Crippen LogP contribution in [0.2, 0.25) is 5.02 Å². The molecule has 0 aliphatic carbocycles. The first kappa shape index (κ1) is 17.0. The molecule has 126 valence electrons. The number of sulfonamides is 1. The fraction of sp³-hybridized carbons (Fsp3) is 0.188. The van der Waals surface area contributed by atoms with Crippen molar-refractivity contribution in [2.24, 2.45) is 0 Å². The third-order valence-corrected chi connectivity index (χ3v) is 7.13. The molecule has 2 aromatic heterocycles. The summed E-state index contributed by atoms with van der Waals surface area (Å²) >= 11 is 7.23. The van der Waals surface area contributed by atoms with Gasteiger partial charge in [-0.1, -0.05) is 17.7 Å². The van der Waals surface area contributed by atoms with Crippen LogP contribution in [0.4, 0.5) is 5.69 Å². The van der Waals surface area contributed by atoms with Crippen LogP contribution in [-0.4, -0.2) is 18.6 Å². The van der Waals surface area contributed by atoms with Gasteiger partial charge in [-0.2, -0.15) is 5.10 Å². The highest BCUT2D eigenvalue weighted by Gasteiger charge is 2.19. The molecule has 3 rings (SSSR count). The number of hydrogen-bond donors (Lipinski definition) is 2. The summed E-state index contributed by atoms with van der Waals surface area (Å²) < 4.78 is 27.9. The summed E-state index contributed by atoms with van der Waals surface area (Å²) in [5, 5.41) is 7.67. The topological polar surface area (TPSA) is 74.8 Å². The number of nitrogens with one attached hydrogen (secondary N) is 2. The van der Waals surface area contributed by atoms with E-state index >= 15 is 0 Å². The van der Waals surface area contributed by atoms with Crippen molar-refractivity contribution in [3.05, 3.63) is 52.2 Å². The van der Waals surface area contributed by atoms with E-state index in [1.165, 1.54) is 11.3 Å². The number of aromatic nitrogens is 2. The molecule has 0 fully saturated rings. The lowest BCUT2D eigenvalue weighted by Gasteiger charge is -2.07. The van der Waals surface area contributed by atoms with Crippen molar-refractivity contribution in [1.82, 2.24) is 10.2 Å². The van der Waals surface area contributed by atoms with Crippen molar-refractivity contribution in [1.29, 1.82) is 0 Å². The summed E-state index contributed by atoms with van der Waals surface area (Å²) in [4.78, 5) is 0.805. The van der Waals surface area contributed by atoms with Crippen molar-refractivity contribution in [2.75, 3.05) is 4.72 Å². The number of thiophene rings is 1. The van der Waals surface area contributed by atoms with Crippen LogP contribution in [0.15, 0.2) is 34.5 Å². The van der Waals surface area contributed by atoms with E-state index < -0.39 is 10.0 Å². The lowest BCUT2D eigenvalue weighted by atomic mass is 10.2. The smallest absolute Gasteiger partial charge is 0.271 e. The molecule has 0 radical (unpaired) electrons. The molecule has 0 amide bonds. The molecule has 0 saturated carbocycles. The maximum atomic E-state index is 12.6. The predicted molar refractivity (Wildman–Crippen MR) is 98.4 cm³/mol. The Bertz CT molecular complexity index is 1010. The molecule has 8 heteroatoms. The van der Waals surface area contributed by atoms with Crippen molar-refractivity contribution >= 4 is 38.6 Å². The van der Waals surface area contributed by atoms with Crippen LogP contribution in [0.5, 0.6) is 0 Å². The Labute approximate surface area is 149 Å². The predicted octanol–water partition coefficient (Wildman–Crippen LogP) is 4.52. The van der Waals surface area contributed by atoms with E-state index in [2.05, 4.69) is 14.9 Å². The number of aromatic amines is 1. The standard InChI is InChI=1S/C16H16ClN3O2S2/c1-9-4-5-12(8-13(9)17)20-24(21,22)15-7-6-14(23-15)16-10(2)11(3)18-19-16/h4-8,20H,1-3H3,(H,18,19). The van der Waals surface area contributed by atoms with Gasteiger partial charge in [0.15, 0.2) is 0 Å². The van der Waals surface area contributed by atoms with E-state index in [0.717, 1.165) is 27.4 Å². The Hall–Kier alpha value is -1.83. The second-order valence-corrected chi connectivity index (χ2v) is 8.91. The molecule has 0 aliphatic heterocycles. The zero-order valence-corrected chi connectivity index (χ0v) is 15.7. The third kappa shape index (κ3) is 3.19. The second kappa shape index (κ2) is 6.23. The first-order valence-corrected chi connectivity index (χ1v) is 9.86. The van der Waals surface area contributed by atoms with E-state index in [4.69, 9.17) is 11.6 Å². The van der Waals surface area contributed by atoms with Gasteiger partial charge in [0.25, 0.3) is 10.0 Å². The van der Waals surface area contributed by atoms with Gasteiger partial charge >= 0.3 is 0 Å². The number of benzene rings is 1. The van der Waals surface area contributed by atoms with Gasteiger partial charge < -0.3 is 0 Å². The highest BCUT2D eigenvalue weighted by Crippen LogP contribution is 2.33. The Morgan fingerprint density at radius 3 is 2.54 bits per heavy atom. The van der Waals surface area contributed by atoms with Gasteiger partial charge in [0.1, 0.15) is 9.90 Å². The summed E-state index contributed by atoms with van der Waals surface area (Å²) in [6, 6.07) is 8.42. The molecule has 0 saturated heterocycles. The monoisotopic (exact) mass is 381 g/mol. The van der Waals surface area contributed by atoms with Crippen LogP contribution in [-0.2, 0) is 10.0 Å². The first-order chi connectivity index (χ1) is 11.3. The highest BCUT2D eigenvalue weighted by atomic mass is 35.5. The molecule has 3 aromatic rings. The van der Waals surface area contributed by atoms with E-state index in [1.54, 1.807) is 30.3 Å². The average molecular weight is 382 g/mol. The third-order valence-electron chi connectivity index (χ3n) is 3.76. The number of H-pyrrole nitrogens is 1. The van der Waals surface area contributed by atoms with Crippen LogP contribution in [0.25, 0.3) is 10.6 Å². The largest absolute Gasteiger partial charge is 0.282 e. The summed E-state index contributed by atoms with van der Waals surface area (Å²) in [7, 11) is -3.66. The maximum Gasteiger partial charge on any atom is 0.271 e. The molecule has 0 unspecified atom stereocenters. The number of aryl methyl sites for hydroxylation is 2. The van der Waals surface area contributed by atoms with E-state index in [0.29, 0.717) is 10.7 Å². The number of anilines is 1. The zero-order valence-electron chi connectivity index (χ0n) is 13.3. The molecular weight excluding hydrogens is 366 g/mol. The zero-order chi connectivity index (χ0) is 17.5. The van der Waals surface area contributed by atoms with Crippen LogP contribution < -0.4 is 4.72 Å². The molecule has 0 aliphatic rings. The normalized spacial score (nSPS) is 11.7. The molecule has 2 N–H and O–H groups in total. The molecule has 24 heavy (non-hydrogen) atoms. The summed E-state index contributed by atoms with van der Waals surface area (Å²) in [5.41, 5.74) is 4.08. The van der Waals surface area contributed by atoms with Gasteiger partial charge in [0.2, 0.25) is 0 Å². The van der Waals surface area contributed by atoms with Crippen molar-refractivity contribution in [2.45, 2.75) is 25.0 Å². The molecule has 5 nitrogen and oxygen atoms in total. The maximum absolute atomic E-state index is 12.6.